The summed E-state index contributed by atoms with van der Waals surface area (Å²) in [7, 11) is -0.747. The van der Waals surface area contributed by atoms with E-state index in [4.69, 9.17) is 5.73 Å². The largest absolute Gasteiger partial charge is 0.369 e. The Balaban J connectivity index is 2.32. The fourth-order valence-electron chi connectivity index (χ4n) is 2.04. The second kappa shape index (κ2) is 4.87. The Morgan fingerprint density at radius 1 is 1.47 bits per heavy atom. The molecule has 92 valence electrons. The highest BCUT2D eigenvalue weighted by Crippen LogP contribution is 2.21. The van der Waals surface area contributed by atoms with Crippen molar-refractivity contribution >= 4 is 27.8 Å². The molecule has 5 heteroatoms. The van der Waals surface area contributed by atoms with Crippen molar-refractivity contribution in [2.45, 2.75) is 19.9 Å². The van der Waals surface area contributed by atoms with Crippen LogP contribution in [-0.4, -0.2) is 25.8 Å². The monoisotopic (exact) mass is 251 g/mol. The lowest BCUT2D eigenvalue weighted by Gasteiger charge is -2.07. The van der Waals surface area contributed by atoms with Crippen LogP contribution in [0, 0.1) is 6.92 Å². The Bertz CT molecular complexity index is 562. The van der Waals surface area contributed by atoms with Crippen LogP contribution in [0.5, 0.6) is 0 Å². The highest BCUT2D eigenvalue weighted by atomic mass is 32.2. The smallest absolute Gasteiger partial charge is 0.201 e. The van der Waals surface area contributed by atoms with Gasteiger partial charge in [0.25, 0.3) is 0 Å². The van der Waals surface area contributed by atoms with Gasteiger partial charge in [-0.05, 0) is 25.0 Å². The predicted molar refractivity (Wildman–Crippen MR) is 72.4 cm³/mol. The van der Waals surface area contributed by atoms with Gasteiger partial charge in [-0.15, -0.1) is 0 Å². The molecule has 0 aliphatic rings. The number of nitrogen functional groups attached to an aromatic ring is 1. The van der Waals surface area contributed by atoms with Gasteiger partial charge in [0.1, 0.15) is 0 Å². The van der Waals surface area contributed by atoms with Crippen LogP contribution in [0.15, 0.2) is 18.2 Å². The van der Waals surface area contributed by atoms with Gasteiger partial charge >= 0.3 is 0 Å². The summed E-state index contributed by atoms with van der Waals surface area (Å²) in [5.74, 6) is 1.24. The predicted octanol–water partition coefficient (Wildman–Crippen LogP) is 1.70. The van der Waals surface area contributed by atoms with E-state index in [2.05, 4.69) is 18.0 Å². The molecule has 1 aromatic heterocycles. The van der Waals surface area contributed by atoms with E-state index in [1.807, 2.05) is 16.7 Å². The summed E-state index contributed by atoms with van der Waals surface area (Å²) in [6.07, 6.45) is 2.58. The maximum absolute atomic E-state index is 11.0. The van der Waals surface area contributed by atoms with Gasteiger partial charge in [-0.25, -0.2) is 4.98 Å². The number of aromatic nitrogens is 2. The number of para-hydroxylation sites is 1. The number of anilines is 1. The molecule has 0 spiro atoms. The molecule has 0 aliphatic carbocycles. The van der Waals surface area contributed by atoms with Crippen LogP contribution in [0.4, 0.5) is 5.95 Å². The van der Waals surface area contributed by atoms with E-state index < -0.39 is 10.8 Å². The van der Waals surface area contributed by atoms with E-state index in [9.17, 15) is 4.21 Å². The third-order valence-corrected chi connectivity index (χ3v) is 3.68. The molecule has 1 aromatic carbocycles. The SMILES string of the molecule is Cc1cccc2nc(N)n(CCCS(C)=O)c12. The number of hydrogen-bond acceptors (Lipinski definition) is 3. The minimum absolute atomic E-state index is 0.538. The minimum Gasteiger partial charge on any atom is -0.369 e. The van der Waals surface area contributed by atoms with E-state index in [-0.39, 0.29) is 0 Å². The summed E-state index contributed by atoms with van der Waals surface area (Å²) in [6.45, 7) is 2.82. The third-order valence-electron chi connectivity index (χ3n) is 2.81. The number of benzene rings is 1. The fourth-order valence-corrected chi connectivity index (χ4v) is 2.57. The Kier molecular flexibility index (Phi) is 3.47. The van der Waals surface area contributed by atoms with Crippen LogP contribution in [0.2, 0.25) is 0 Å². The molecule has 1 atom stereocenters. The number of aryl methyl sites for hydroxylation is 2. The van der Waals surface area contributed by atoms with Crippen molar-refractivity contribution in [1.82, 2.24) is 9.55 Å². The summed E-state index contributed by atoms with van der Waals surface area (Å²) >= 11 is 0. The van der Waals surface area contributed by atoms with Gasteiger partial charge < -0.3 is 10.3 Å². The third kappa shape index (κ3) is 2.49. The maximum atomic E-state index is 11.0. The number of hydrogen-bond donors (Lipinski definition) is 1. The van der Waals surface area contributed by atoms with Crippen molar-refractivity contribution in [2.24, 2.45) is 0 Å². The van der Waals surface area contributed by atoms with E-state index in [0.29, 0.717) is 11.7 Å². The summed E-state index contributed by atoms with van der Waals surface area (Å²) < 4.78 is 13.1. The van der Waals surface area contributed by atoms with E-state index in [0.717, 1.165) is 24.0 Å². The lowest BCUT2D eigenvalue weighted by atomic mass is 10.2. The van der Waals surface area contributed by atoms with Crippen molar-refractivity contribution in [3.8, 4) is 0 Å². The zero-order chi connectivity index (χ0) is 12.4. The van der Waals surface area contributed by atoms with Crippen molar-refractivity contribution in [3.05, 3.63) is 23.8 Å². The van der Waals surface area contributed by atoms with Crippen molar-refractivity contribution < 1.29 is 4.21 Å². The van der Waals surface area contributed by atoms with Crippen LogP contribution in [-0.2, 0) is 17.3 Å². The van der Waals surface area contributed by atoms with E-state index in [1.165, 1.54) is 5.56 Å². The number of nitrogens with zero attached hydrogens (tertiary/aromatic N) is 2. The number of nitrogens with two attached hydrogens (primary N) is 1. The minimum atomic E-state index is -0.747. The molecule has 0 fully saturated rings. The van der Waals surface area contributed by atoms with Gasteiger partial charge in [-0.3, -0.25) is 4.21 Å². The molecular weight excluding hydrogens is 234 g/mol. The first kappa shape index (κ1) is 12.1. The first-order chi connectivity index (χ1) is 8.09. The van der Waals surface area contributed by atoms with Gasteiger partial charge in [0, 0.05) is 29.4 Å². The summed E-state index contributed by atoms with van der Waals surface area (Å²) in [4.78, 5) is 4.34. The fraction of sp³-hybridized carbons (Fsp3) is 0.417. The quantitative estimate of drug-likeness (QED) is 0.899. The molecule has 2 rings (SSSR count). The number of imidazole rings is 1. The molecule has 0 aliphatic heterocycles. The molecule has 17 heavy (non-hydrogen) atoms. The molecule has 1 heterocycles. The van der Waals surface area contributed by atoms with Gasteiger partial charge in [0.05, 0.1) is 11.0 Å². The van der Waals surface area contributed by atoms with Crippen molar-refractivity contribution in [1.29, 1.82) is 0 Å². The Hall–Kier alpha value is -1.36. The van der Waals surface area contributed by atoms with Crippen molar-refractivity contribution in [3.63, 3.8) is 0 Å². The van der Waals surface area contributed by atoms with Crippen LogP contribution in [0.3, 0.4) is 0 Å². The Morgan fingerprint density at radius 3 is 2.94 bits per heavy atom. The normalized spacial score (nSPS) is 13.1. The summed E-state index contributed by atoms with van der Waals surface area (Å²) in [5, 5.41) is 0. The average molecular weight is 251 g/mol. The molecule has 4 nitrogen and oxygen atoms in total. The topological polar surface area (TPSA) is 60.9 Å². The molecule has 0 bridgehead atoms. The Morgan fingerprint density at radius 2 is 2.24 bits per heavy atom. The van der Waals surface area contributed by atoms with Gasteiger partial charge in [0.15, 0.2) is 0 Å². The standard InChI is InChI=1S/C12H17N3OS/c1-9-5-3-6-10-11(9)15(12(13)14-10)7-4-8-17(2)16/h3,5-6H,4,7-8H2,1-2H3,(H2,13,14). The molecule has 0 saturated heterocycles. The Labute approximate surface area is 103 Å². The van der Waals surface area contributed by atoms with Crippen LogP contribution in [0.25, 0.3) is 11.0 Å². The number of fused-ring (bicyclic) bond motifs is 1. The molecule has 1 unspecified atom stereocenters. The van der Waals surface area contributed by atoms with Crippen molar-refractivity contribution in [2.75, 3.05) is 17.7 Å². The average Bonchev–Trinajstić information content (AvgIpc) is 2.56. The molecule has 0 saturated carbocycles. The van der Waals surface area contributed by atoms with Crippen LogP contribution in [0.1, 0.15) is 12.0 Å². The highest BCUT2D eigenvalue weighted by Gasteiger charge is 2.09. The van der Waals surface area contributed by atoms with Gasteiger partial charge in [-0.1, -0.05) is 12.1 Å². The molecule has 2 aromatic rings. The zero-order valence-electron chi connectivity index (χ0n) is 10.1. The van der Waals surface area contributed by atoms with Gasteiger partial charge in [-0.2, -0.15) is 0 Å². The molecule has 2 N–H and O–H groups in total. The molecule has 0 amide bonds. The second-order valence-corrected chi connectivity index (χ2v) is 5.75. The van der Waals surface area contributed by atoms with E-state index >= 15 is 0 Å². The first-order valence-electron chi connectivity index (χ1n) is 5.61. The molecule has 0 radical (unpaired) electrons. The van der Waals surface area contributed by atoms with E-state index in [1.54, 1.807) is 6.26 Å². The second-order valence-electron chi connectivity index (χ2n) is 4.20. The van der Waals surface area contributed by atoms with Crippen LogP contribution < -0.4 is 5.73 Å². The van der Waals surface area contributed by atoms with Crippen LogP contribution >= 0.6 is 0 Å². The number of rotatable bonds is 4. The lowest BCUT2D eigenvalue weighted by Crippen LogP contribution is -2.07. The lowest BCUT2D eigenvalue weighted by molar-refractivity contribution is 0.670. The maximum Gasteiger partial charge on any atom is 0.201 e. The zero-order valence-corrected chi connectivity index (χ0v) is 11.0. The summed E-state index contributed by atoms with van der Waals surface area (Å²) in [6, 6.07) is 6.00. The highest BCUT2D eigenvalue weighted by molar-refractivity contribution is 7.84. The summed E-state index contributed by atoms with van der Waals surface area (Å²) in [5.41, 5.74) is 9.11. The first-order valence-corrected chi connectivity index (χ1v) is 7.33. The molecular formula is C12H17N3OS. The van der Waals surface area contributed by atoms with Gasteiger partial charge in [0.2, 0.25) is 5.95 Å².